The molecule has 0 spiro atoms. The van der Waals surface area contributed by atoms with Crippen LogP contribution >= 0.6 is 0 Å². The fourth-order valence-electron chi connectivity index (χ4n) is 10.1. The summed E-state index contributed by atoms with van der Waals surface area (Å²) in [6, 6.07) is -6.18. The van der Waals surface area contributed by atoms with Crippen LogP contribution in [0.5, 0.6) is 5.75 Å². The first-order chi connectivity index (χ1) is 36.0. The monoisotopic (exact) mass is 1080 g/mol. The van der Waals surface area contributed by atoms with Crippen LogP contribution in [-0.2, 0) is 33.6 Å². The van der Waals surface area contributed by atoms with E-state index in [2.05, 4.69) is 52.7 Å². The van der Waals surface area contributed by atoms with E-state index in [4.69, 9.17) is 5.73 Å². The molecule has 16 N–H and O–H groups in total. The second-order valence-corrected chi connectivity index (χ2v) is 21.1. The van der Waals surface area contributed by atoms with Gasteiger partial charge in [-0.15, -0.1) is 0 Å². The van der Waals surface area contributed by atoms with Gasteiger partial charge in [0.2, 0.25) is 41.4 Å². The number of nitrogens with one attached hydrogen (secondary N) is 6. The number of nitrogens with two attached hydrogens (primary N) is 1. The van der Waals surface area contributed by atoms with Crippen LogP contribution in [0.3, 0.4) is 0 Å². The lowest BCUT2D eigenvalue weighted by Crippen LogP contribution is -2.64. The summed E-state index contributed by atoms with van der Waals surface area (Å²) in [6.45, 7) is 8.51. The molecule has 24 nitrogen and oxygen atoms in total. The highest BCUT2D eigenvalue weighted by Gasteiger charge is 2.49. The Bertz CT molecular complexity index is 2050. The number of rotatable bonds is 22. The quantitative estimate of drug-likeness (QED) is 0.0546. The molecule has 3 saturated heterocycles. The number of fused-ring (bicyclic) bond motifs is 2. The standard InChI is InChI=1S/C52H87N9O15/c1-6-28(3)24-29(4)14-12-10-8-9-11-13-15-39(68)55-34-26-38(67)46(54-22-21-53)59-50(74)43-37(66)20-23-60(43)52(76)41(36(65)7-2)57-49(73)42(45(70)44(69)31-16-18-32(63)19-17-31)58-48(72)35-25-33(64)27-61(35)51(75)40(30(5)62)56-47(34)71/h16-19,28-30,33-38,40-46,54,62-67,69-70H,6-15,20-27,53H2,1-5H3,(H,55,68)(H,56,71)(H,57,73)(H,58,72)(H,59,74)/t28?,29?,30-,33-,34+,35-,36-,37+,38-,40-,41?,42-,43-,44-,45-,46+/m0/s1. The van der Waals surface area contributed by atoms with Crippen LogP contribution in [0.1, 0.15) is 136 Å². The molecule has 1 aromatic rings. The number of carbonyl (C=O) groups excluding carboxylic acids is 7. The minimum atomic E-state index is -2.25. The molecule has 4 rings (SSSR count). The number of aliphatic hydroxyl groups is 7. The number of aliphatic hydroxyl groups excluding tert-OH is 7. The first-order valence-corrected chi connectivity index (χ1v) is 27.1. The molecule has 3 fully saturated rings. The fourth-order valence-corrected chi connectivity index (χ4v) is 10.1. The third kappa shape index (κ3) is 18.0. The largest absolute Gasteiger partial charge is 0.508 e. The predicted molar refractivity (Wildman–Crippen MR) is 277 cm³/mol. The number of carbonyl (C=O) groups is 7. The first kappa shape index (κ1) is 63.5. The molecule has 0 radical (unpaired) electrons. The van der Waals surface area contributed by atoms with Crippen LogP contribution in [0.25, 0.3) is 0 Å². The highest BCUT2D eigenvalue weighted by molar-refractivity contribution is 5.98. The highest BCUT2D eigenvalue weighted by atomic mass is 16.3. The molecule has 0 aromatic heterocycles. The van der Waals surface area contributed by atoms with Crippen molar-refractivity contribution in [3.63, 3.8) is 0 Å². The van der Waals surface area contributed by atoms with Crippen molar-refractivity contribution < 1.29 is 74.4 Å². The van der Waals surface area contributed by atoms with Crippen molar-refractivity contribution in [2.24, 2.45) is 17.6 Å². The van der Waals surface area contributed by atoms with Crippen LogP contribution in [0.4, 0.5) is 0 Å². The van der Waals surface area contributed by atoms with Gasteiger partial charge in [-0.05, 0) is 62.1 Å². The van der Waals surface area contributed by atoms with Crippen LogP contribution < -0.4 is 37.6 Å². The number of unbranched alkanes of at least 4 members (excludes halogenated alkanes) is 5. The molecule has 76 heavy (non-hydrogen) atoms. The summed E-state index contributed by atoms with van der Waals surface area (Å²) in [5.74, 6) is -6.28. The van der Waals surface area contributed by atoms with E-state index in [-0.39, 0.29) is 50.2 Å². The maximum absolute atomic E-state index is 14.5. The second kappa shape index (κ2) is 30.8. The lowest BCUT2D eigenvalue weighted by Gasteiger charge is -2.35. The van der Waals surface area contributed by atoms with Crippen molar-refractivity contribution in [2.75, 3.05) is 26.2 Å². The van der Waals surface area contributed by atoms with E-state index in [1.54, 1.807) is 0 Å². The maximum Gasteiger partial charge on any atom is 0.248 e. The third-order valence-electron chi connectivity index (χ3n) is 14.8. The molecule has 3 unspecified atom stereocenters. The van der Waals surface area contributed by atoms with E-state index in [0.717, 1.165) is 61.7 Å². The molecule has 430 valence electrons. The average Bonchev–Trinajstić information content (AvgIpc) is 3.98. The summed E-state index contributed by atoms with van der Waals surface area (Å²) < 4.78 is 0. The zero-order valence-corrected chi connectivity index (χ0v) is 44.7. The number of phenols is 1. The average molecular weight is 1080 g/mol. The number of phenolic OH excluding ortho intramolecular Hbond substituents is 1. The SMILES string of the molecule is CCC(C)CC(C)CCCCCCCCC(=O)N[C@@H]1C[C@H](O)[C@H](NCCN)NC(=O)[C@@H]2[C@H](O)CCN2C(=O)C([C@@H](O)CC)NC(=O)[C@H]([C@H](O)[C@@H](O)c2ccc(O)cc2)NC(=O)[C@@H]2C[C@H](O)CN2C(=O)[C@H]([C@H](C)O)NC1=O. The smallest absolute Gasteiger partial charge is 0.248 e. The van der Waals surface area contributed by atoms with E-state index in [1.807, 2.05) is 0 Å². The summed E-state index contributed by atoms with van der Waals surface area (Å²) in [7, 11) is 0. The number of hydrogen-bond acceptors (Lipinski definition) is 17. The van der Waals surface area contributed by atoms with Crippen molar-refractivity contribution in [1.29, 1.82) is 0 Å². The summed E-state index contributed by atoms with van der Waals surface area (Å²) in [6.07, 6.45) is -6.47. The van der Waals surface area contributed by atoms with Gasteiger partial charge in [-0.2, -0.15) is 0 Å². The Hall–Kier alpha value is -5.05. The number of aromatic hydroxyl groups is 1. The van der Waals surface area contributed by atoms with Crippen LogP contribution in [0.15, 0.2) is 24.3 Å². The molecule has 24 heteroatoms. The van der Waals surface area contributed by atoms with Crippen molar-refractivity contribution in [3.8, 4) is 5.75 Å². The zero-order valence-electron chi connectivity index (χ0n) is 44.7. The predicted octanol–water partition coefficient (Wildman–Crippen LogP) is -2.25. The van der Waals surface area contributed by atoms with E-state index >= 15 is 0 Å². The molecular formula is C52H87N9O15. The minimum absolute atomic E-state index is 0.0191. The highest BCUT2D eigenvalue weighted by Crippen LogP contribution is 2.27. The summed E-state index contributed by atoms with van der Waals surface area (Å²) in [5.41, 5.74) is 5.74. The molecule has 1 aromatic carbocycles. The Balaban J connectivity index is 1.72. The Morgan fingerprint density at radius 1 is 0.724 bits per heavy atom. The zero-order chi connectivity index (χ0) is 56.4. The van der Waals surface area contributed by atoms with Crippen LogP contribution in [0.2, 0.25) is 0 Å². The molecule has 16 atom stereocenters. The molecule has 0 bridgehead atoms. The number of hydrogen-bond donors (Lipinski definition) is 15. The Labute approximate surface area is 445 Å². The number of nitrogens with zero attached hydrogens (tertiary/aromatic N) is 2. The fraction of sp³-hybridized carbons (Fsp3) is 0.750. The summed E-state index contributed by atoms with van der Waals surface area (Å²) in [4.78, 5) is 102. The van der Waals surface area contributed by atoms with Gasteiger partial charge >= 0.3 is 0 Å². The molecule has 7 amide bonds. The van der Waals surface area contributed by atoms with Gasteiger partial charge in [0.1, 0.15) is 60.4 Å². The van der Waals surface area contributed by atoms with Crippen molar-refractivity contribution in [1.82, 2.24) is 41.7 Å². The van der Waals surface area contributed by atoms with Crippen molar-refractivity contribution >= 4 is 41.4 Å². The van der Waals surface area contributed by atoms with E-state index in [1.165, 1.54) is 37.6 Å². The van der Waals surface area contributed by atoms with Gasteiger partial charge < -0.3 is 83.0 Å². The van der Waals surface area contributed by atoms with Gasteiger partial charge in [0.05, 0.1) is 30.5 Å². The van der Waals surface area contributed by atoms with Gasteiger partial charge in [0.15, 0.2) is 0 Å². The van der Waals surface area contributed by atoms with Gasteiger partial charge in [-0.3, -0.25) is 38.9 Å². The molecule has 3 aliphatic heterocycles. The van der Waals surface area contributed by atoms with Gasteiger partial charge in [-0.25, -0.2) is 0 Å². The minimum Gasteiger partial charge on any atom is -0.508 e. The molecular weight excluding hydrogens is 991 g/mol. The molecule has 0 aliphatic carbocycles. The third-order valence-corrected chi connectivity index (χ3v) is 14.8. The lowest BCUT2D eigenvalue weighted by atomic mass is 9.91. The van der Waals surface area contributed by atoms with E-state index < -0.39 is 146 Å². The van der Waals surface area contributed by atoms with Gasteiger partial charge in [0.25, 0.3) is 0 Å². The molecule has 3 aliphatic rings. The first-order valence-electron chi connectivity index (χ1n) is 27.1. The van der Waals surface area contributed by atoms with Gasteiger partial charge in [-0.1, -0.05) is 84.8 Å². The van der Waals surface area contributed by atoms with Crippen molar-refractivity contribution in [2.45, 2.75) is 210 Å². The Kier molecular flexibility index (Phi) is 25.7. The maximum atomic E-state index is 14.5. The number of amides is 7. The van der Waals surface area contributed by atoms with Crippen LogP contribution in [0, 0.1) is 11.8 Å². The normalized spacial score (nSPS) is 28.9. The van der Waals surface area contributed by atoms with E-state index in [0.29, 0.717) is 18.3 Å². The molecule has 3 heterocycles. The lowest BCUT2D eigenvalue weighted by molar-refractivity contribution is -0.148. The summed E-state index contributed by atoms with van der Waals surface area (Å²) in [5, 5.41) is 104. The molecule has 0 saturated carbocycles. The second-order valence-electron chi connectivity index (χ2n) is 21.1. The van der Waals surface area contributed by atoms with Gasteiger partial charge in [0, 0.05) is 45.4 Å². The topological polar surface area (TPSA) is 386 Å². The Morgan fingerprint density at radius 3 is 1.97 bits per heavy atom. The van der Waals surface area contributed by atoms with E-state index in [9.17, 15) is 74.4 Å². The van der Waals surface area contributed by atoms with Crippen LogP contribution in [-0.4, -0.2) is 197 Å². The Morgan fingerprint density at radius 2 is 1.34 bits per heavy atom. The van der Waals surface area contributed by atoms with Crippen molar-refractivity contribution in [3.05, 3.63) is 29.8 Å². The number of benzene rings is 1. The summed E-state index contributed by atoms with van der Waals surface area (Å²) >= 11 is 0.